The van der Waals surface area contributed by atoms with Crippen molar-refractivity contribution in [3.05, 3.63) is 53.7 Å². The summed E-state index contributed by atoms with van der Waals surface area (Å²) in [6.45, 7) is 2.31. The van der Waals surface area contributed by atoms with Gasteiger partial charge in [-0.3, -0.25) is 4.98 Å². The van der Waals surface area contributed by atoms with Gasteiger partial charge in [-0.2, -0.15) is 0 Å². The predicted octanol–water partition coefficient (Wildman–Crippen LogP) is 1.52. The Balaban J connectivity index is 1.73. The number of carbonyl (C=O) groups excluding carboxylic acids is 1. The van der Waals surface area contributed by atoms with Crippen LogP contribution < -0.4 is 10.6 Å². The van der Waals surface area contributed by atoms with Crippen LogP contribution in [-0.4, -0.2) is 22.7 Å². The van der Waals surface area contributed by atoms with E-state index in [2.05, 4.69) is 15.6 Å². The first-order valence-corrected chi connectivity index (χ1v) is 6.31. The van der Waals surface area contributed by atoms with Gasteiger partial charge in [-0.1, -0.05) is 6.07 Å². The predicted molar refractivity (Wildman–Crippen MR) is 72.9 cm³/mol. The van der Waals surface area contributed by atoms with Gasteiger partial charge in [0, 0.05) is 5.69 Å². The summed E-state index contributed by atoms with van der Waals surface area (Å²) in [6, 6.07) is 8.59. The molecule has 1 atom stereocenters. The van der Waals surface area contributed by atoms with E-state index in [1.807, 2.05) is 25.1 Å². The van der Waals surface area contributed by atoms with Crippen molar-refractivity contribution >= 4 is 6.03 Å². The zero-order valence-electron chi connectivity index (χ0n) is 11.2. The topological polar surface area (TPSA) is 87.4 Å². The number of amides is 2. The molecular formula is C14H17N3O3. The maximum Gasteiger partial charge on any atom is 0.315 e. The number of furan rings is 1. The van der Waals surface area contributed by atoms with Crippen LogP contribution in [0.1, 0.15) is 23.3 Å². The third-order valence-electron chi connectivity index (χ3n) is 2.70. The van der Waals surface area contributed by atoms with E-state index in [-0.39, 0.29) is 12.6 Å². The lowest BCUT2D eigenvalue weighted by molar-refractivity contribution is 0.148. The molecule has 3 N–H and O–H groups in total. The van der Waals surface area contributed by atoms with Gasteiger partial charge in [0.25, 0.3) is 0 Å². The number of rotatable bonds is 5. The van der Waals surface area contributed by atoms with Crippen LogP contribution in [0.25, 0.3) is 0 Å². The van der Waals surface area contributed by atoms with E-state index in [0.717, 1.165) is 11.4 Å². The number of nitrogens with zero attached hydrogens (tertiary/aromatic N) is 1. The number of aliphatic hydroxyl groups excluding tert-OH is 1. The molecule has 106 valence electrons. The van der Waals surface area contributed by atoms with Crippen molar-refractivity contribution in [3.8, 4) is 0 Å². The number of pyridine rings is 1. The Labute approximate surface area is 116 Å². The summed E-state index contributed by atoms with van der Waals surface area (Å²) in [7, 11) is 0. The molecular weight excluding hydrogens is 258 g/mol. The lowest BCUT2D eigenvalue weighted by atomic mass is 10.3. The largest absolute Gasteiger partial charge is 0.467 e. The number of nitrogens with one attached hydrogen (secondary N) is 2. The van der Waals surface area contributed by atoms with Crippen molar-refractivity contribution in [3.63, 3.8) is 0 Å². The average Bonchev–Trinajstić information content (AvgIpc) is 2.97. The molecule has 0 radical (unpaired) electrons. The van der Waals surface area contributed by atoms with E-state index in [4.69, 9.17) is 4.42 Å². The lowest BCUT2D eigenvalue weighted by Crippen LogP contribution is -2.37. The number of aromatic nitrogens is 1. The van der Waals surface area contributed by atoms with Crippen LogP contribution in [0, 0.1) is 6.92 Å². The molecule has 0 aromatic carbocycles. The molecule has 0 aliphatic heterocycles. The zero-order chi connectivity index (χ0) is 14.4. The summed E-state index contributed by atoms with van der Waals surface area (Å²) in [4.78, 5) is 15.9. The maximum absolute atomic E-state index is 11.6. The van der Waals surface area contributed by atoms with Gasteiger partial charge in [0.05, 0.1) is 25.0 Å². The van der Waals surface area contributed by atoms with E-state index in [9.17, 15) is 9.90 Å². The number of carbonyl (C=O) groups is 1. The van der Waals surface area contributed by atoms with Gasteiger partial charge < -0.3 is 20.2 Å². The van der Waals surface area contributed by atoms with Crippen molar-refractivity contribution in [1.29, 1.82) is 0 Å². The summed E-state index contributed by atoms with van der Waals surface area (Å²) in [5.74, 6) is 0.422. The molecule has 2 rings (SSSR count). The van der Waals surface area contributed by atoms with Gasteiger partial charge in [-0.25, -0.2) is 4.79 Å². The molecule has 2 heterocycles. The van der Waals surface area contributed by atoms with Crippen molar-refractivity contribution in [2.75, 3.05) is 6.54 Å². The van der Waals surface area contributed by atoms with Gasteiger partial charge >= 0.3 is 6.03 Å². The van der Waals surface area contributed by atoms with E-state index < -0.39 is 6.10 Å². The second-order valence-corrected chi connectivity index (χ2v) is 4.37. The fraction of sp³-hybridized carbons (Fsp3) is 0.286. The summed E-state index contributed by atoms with van der Waals surface area (Å²) >= 11 is 0. The molecule has 0 saturated heterocycles. The maximum atomic E-state index is 11.6. The highest BCUT2D eigenvalue weighted by Crippen LogP contribution is 2.11. The fourth-order valence-corrected chi connectivity index (χ4v) is 1.70. The van der Waals surface area contributed by atoms with Crippen LogP contribution in [0.2, 0.25) is 0 Å². The van der Waals surface area contributed by atoms with E-state index >= 15 is 0 Å². The van der Waals surface area contributed by atoms with Crippen molar-refractivity contribution in [1.82, 2.24) is 15.6 Å². The number of urea groups is 1. The molecule has 0 aliphatic carbocycles. The summed E-state index contributed by atoms with van der Waals surface area (Å²) in [5, 5.41) is 15.0. The molecule has 1 unspecified atom stereocenters. The monoisotopic (exact) mass is 275 g/mol. The Morgan fingerprint density at radius 1 is 1.35 bits per heavy atom. The molecule has 0 aliphatic rings. The quantitative estimate of drug-likeness (QED) is 0.772. The first kappa shape index (κ1) is 14.1. The Bertz CT molecular complexity index is 555. The van der Waals surface area contributed by atoms with Crippen molar-refractivity contribution in [2.24, 2.45) is 0 Å². The molecule has 0 saturated carbocycles. The molecule has 0 bridgehead atoms. The smallest absolute Gasteiger partial charge is 0.315 e. The van der Waals surface area contributed by atoms with Gasteiger partial charge in [0.15, 0.2) is 0 Å². The second kappa shape index (κ2) is 6.72. The van der Waals surface area contributed by atoms with Crippen LogP contribution in [0.3, 0.4) is 0 Å². The van der Waals surface area contributed by atoms with Crippen LogP contribution in [0.15, 0.2) is 41.0 Å². The van der Waals surface area contributed by atoms with E-state index in [0.29, 0.717) is 12.3 Å². The Morgan fingerprint density at radius 3 is 2.90 bits per heavy atom. The third kappa shape index (κ3) is 4.10. The number of aliphatic hydroxyl groups is 1. The van der Waals surface area contributed by atoms with Crippen LogP contribution >= 0.6 is 0 Å². The highest BCUT2D eigenvalue weighted by atomic mass is 16.4. The number of hydrogen-bond acceptors (Lipinski definition) is 4. The Kier molecular flexibility index (Phi) is 4.73. The minimum absolute atomic E-state index is 0.0839. The second-order valence-electron chi connectivity index (χ2n) is 4.37. The fourth-order valence-electron chi connectivity index (χ4n) is 1.70. The number of hydrogen-bond donors (Lipinski definition) is 3. The van der Waals surface area contributed by atoms with Crippen LogP contribution in [0.4, 0.5) is 4.79 Å². The van der Waals surface area contributed by atoms with Crippen LogP contribution in [-0.2, 0) is 6.54 Å². The Morgan fingerprint density at radius 2 is 2.20 bits per heavy atom. The van der Waals surface area contributed by atoms with Gasteiger partial charge in [0.2, 0.25) is 0 Å². The van der Waals surface area contributed by atoms with Crippen molar-refractivity contribution < 1.29 is 14.3 Å². The highest BCUT2D eigenvalue weighted by molar-refractivity contribution is 5.73. The molecule has 20 heavy (non-hydrogen) atoms. The lowest BCUT2D eigenvalue weighted by Gasteiger charge is -2.10. The summed E-state index contributed by atoms with van der Waals surface area (Å²) in [5.41, 5.74) is 1.68. The Hall–Kier alpha value is -2.34. The summed E-state index contributed by atoms with van der Waals surface area (Å²) < 4.78 is 5.04. The zero-order valence-corrected chi connectivity index (χ0v) is 11.2. The molecule has 2 amide bonds. The van der Waals surface area contributed by atoms with E-state index in [1.54, 1.807) is 12.1 Å². The van der Waals surface area contributed by atoms with Gasteiger partial charge in [0.1, 0.15) is 11.9 Å². The molecule has 0 fully saturated rings. The highest BCUT2D eigenvalue weighted by Gasteiger charge is 2.11. The first-order chi connectivity index (χ1) is 9.65. The van der Waals surface area contributed by atoms with Crippen LogP contribution in [0.5, 0.6) is 0 Å². The standard InChI is InChI=1S/C14H17N3O3/c1-10-4-2-5-11(17-10)8-15-14(19)16-9-12(18)13-6-3-7-20-13/h2-7,12,18H,8-9H2,1H3,(H2,15,16,19). The SMILES string of the molecule is Cc1cccc(CNC(=O)NCC(O)c2ccco2)n1. The normalized spacial score (nSPS) is 11.9. The summed E-state index contributed by atoms with van der Waals surface area (Å²) in [6.07, 6.45) is 0.620. The van der Waals surface area contributed by atoms with E-state index in [1.165, 1.54) is 6.26 Å². The van der Waals surface area contributed by atoms with Gasteiger partial charge in [-0.15, -0.1) is 0 Å². The molecule has 6 heteroatoms. The number of aryl methyl sites for hydroxylation is 1. The average molecular weight is 275 g/mol. The molecule has 0 spiro atoms. The minimum Gasteiger partial charge on any atom is -0.467 e. The molecule has 2 aromatic rings. The third-order valence-corrected chi connectivity index (χ3v) is 2.70. The first-order valence-electron chi connectivity index (χ1n) is 6.31. The molecule has 6 nitrogen and oxygen atoms in total. The minimum atomic E-state index is -0.854. The van der Waals surface area contributed by atoms with Gasteiger partial charge in [-0.05, 0) is 31.2 Å². The molecule has 2 aromatic heterocycles. The van der Waals surface area contributed by atoms with Crippen molar-refractivity contribution in [2.45, 2.75) is 19.6 Å².